The van der Waals surface area contributed by atoms with Crippen LogP contribution in [0.3, 0.4) is 0 Å². The van der Waals surface area contributed by atoms with Gasteiger partial charge in [-0.05, 0) is 36.2 Å². The Morgan fingerprint density at radius 1 is 1.35 bits per heavy atom. The standard InChI is InChI=1S/C26H29N5OS2/c1-5-13-31-23(17-9-7-6-8-10-17)29-30-25(31)33-16-22(32)28-24-20(15-27)19-12-11-18(26(2,3)4)14-21(19)34-24/h5-10,18H,1,11-14,16H2,2-4H3,(H,28,32). The van der Waals surface area contributed by atoms with Crippen LogP contribution in [0.1, 0.15) is 43.2 Å². The van der Waals surface area contributed by atoms with Crippen LogP contribution in [0.2, 0.25) is 0 Å². The largest absolute Gasteiger partial charge is 0.316 e. The van der Waals surface area contributed by atoms with Crippen LogP contribution >= 0.6 is 23.1 Å². The number of carbonyl (C=O) groups excluding carboxylic acids is 1. The maximum atomic E-state index is 12.8. The van der Waals surface area contributed by atoms with E-state index in [2.05, 4.69) is 48.9 Å². The summed E-state index contributed by atoms with van der Waals surface area (Å²) >= 11 is 2.89. The van der Waals surface area contributed by atoms with Gasteiger partial charge in [0.25, 0.3) is 0 Å². The summed E-state index contributed by atoms with van der Waals surface area (Å²) < 4.78 is 1.96. The molecule has 1 aliphatic carbocycles. The number of nitrogens with one attached hydrogen (secondary N) is 1. The fraction of sp³-hybridized carbons (Fsp3) is 0.385. The Balaban J connectivity index is 1.47. The molecular weight excluding hydrogens is 462 g/mol. The van der Waals surface area contributed by atoms with Crippen molar-refractivity contribution in [1.29, 1.82) is 5.26 Å². The van der Waals surface area contributed by atoms with Crippen molar-refractivity contribution in [2.75, 3.05) is 11.1 Å². The van der Waals surface area contributed by atoms with E-state index in [0.717, 1.165) is 36.2 Å². The molecule has 2 aromatic heterocycles. The summed E-state index contributed by atoms with van der Waals surface area (Å²) in [4.78, 5) is 14.1. The van der Waals surface area contributed by atoms with Crippen LogP contribution in [-0.4, -0.2) is 26.4 Å². The average molecular weight is 492 g/mol. The van der Waals surface area contributed by atoms with Gasteiger partial charge in [0, 0.05) is 17.0 Å². The molecule has 1 N–H and O–H groups in total. The van der Waals surface area contributed by atoms with E-state index in [1.807, 2.05) is 34.9 Å². The van der Waals surface area contributed by atoms with Crippen LogP contribution in [-0.2, 0) is 24.2 Å². The van der Waals surface area contributed by atoms with E-state index in [1.54, 1.807) is 17.4 Å². The maximum absolute atomic E-state index is 12.8. The second kappa shape index (κ2) is 10.2. The fourth-order valence-electron chi connectivity index (χ4n) is 4.31. The molecule has 176 valence electrons. The topological polar surface area (TPSA) is 83.6 Å². The first-order valence-electron chi connectivity index (χ1n) is 11.4. The first kappa shape index (κ1) is 24.2. The number of benzene rings is 1. The van der Waals surface area contributed by atoms with Crippen molar-refractivity contribution >= 4 is 34.0 Å². The lowest BCUT2D eigenvalue weighted by Crippen LogP contribution is -2.26. The minimum Gasteiger partial charge on any atom is -0.316 e. The SMILES string of the molecule is C=CCn1c(SCC(=O)Nc2sc3c(c2C#N)CCC(C(C)(C)C)C3)nnc1-c1ccccc1. The number of allylic oxidation sites excluding steroid dienone is 1. The highest BCUT2D eigenvalue weighted by Gasteiger charge is 2.32. The van der Waals surface area contributed by atoms with Crippen molar-refractivity contribution in [3.8, 4) is 17.5 Å². The first-order valence-corrected chi connectivity index (χ1v) is 13.2. The molecule has 2 heterocycles. The van der Waals surface area contributed by atoms with Gasteiger partial charge in [0.15, 0.2) is 11.0 Å². The van der Waals surface area contributed by atoms with Gasteiger partial charge < -0.3 is 5.32 Å². The fourth-order valence-corrected chi connectivity index (χ4v) is 6.36. The van der Waals surface area contributed by atoms with Crippen molar-refractivity contribution in [1.82, 2.24) is 14.8 Å². The molecule has 0 spiro atoms. The number of nitrogens with zero attached hydrogens (tertiary/aromatic N) is 4. The number of amides is 1. The second-order valence-electron chi connectivity index (χ2n) is 9.53. The number of anilines is 1. The lowest BCUT2D eigenvalue weighted by Gasteiger charge is -2.33. The second-order valence-corrected chi connectivity index (χ2v) is 11.6. The summed E-state index contributed by atoms with van der Waals surface area (Å²) in [5.74, 6) is 1.36. The quantitative estimate of drug-likeness (QED) is 0.326. The van der Waals surface area contributed by atoms with Crippen LogP contribution in [0.25, 0.3) is 11.4 Å². The molecule has 0 fully saturated rings. The van der Waals surface area contributed by atoms with E-state index in [-0.39, 0.29) is 17.1 Å². The molecular formula is C26H29N5OS2. The normalized spacial score (nSPS) is 15.4. The summed E-state index contributed by atoms with van der Waals surface area (Å²) in [6.07, 6.45) is 4.73. The Morgan fingerprint density at radius 3 is 2.79 bits per heavy atom. The summed E-state index contributed by atoms with van der Waals surface area (Å²) in [5.41, 5.74) is 2.94. The number of hydrogen-bond acceptors (Lipinski definition) is 6. The molecule has 1 aromatic carbocycles. The van der Waals surface area contributed by atoms with Gasteiger partial charge in [-0.25, -0.2) is 0 Å². The van der Waals surface area contributed by atoms with E-state index in [4.69, 9.17) is 0 Å². The Hall–Kier alpha value is -2.89. The van der Waals surface area contributed by atoms with Crippen LogP contribution < -0.4 is 5.32 Å². The van der Waals surface area contributed by atoms with Gasteiger partial charge in [-0.2, -0.15) is 5.26 Å². The molecule has 4 rings (SSSR count). The minimum absolute atomic E-state index is 0.151. The predicted octanol–water partition coefficient (Wildman–Crippen LogP) is 5.95. The first-order chi connectivity index (χ1) is 16.3. The average Bonchev–Trinajstić information content (AvgIpc) is 3.37. The molecule has 1 atom stereocenters. The zero-order valence-corrected chi connectivity index (χ0v) is 21.4. The van der Waals surface area contributed by atoms with Crippen molar-refractivity contribution < 1.29 is 4.79 Å². The van der Waals surface area contributed by atoms with Gasteiger partial charge in [0.1, 0.15) is 11.1 Å². The molecule has 0 saturated carbocycles. The molecule has 8 heteroatoms. The molecule has 0 radical (unpaired) electrons. The lowest BCUT2D eigenvalue weighted by atomic mass is 9.72. The Kier molecular flexibility index (Phi) is 7.24. The summed E-state index contributed by atoms with van der Waals surface area (Å²) in [6.45, 7) is 11.2. The zero-order chi connectivity index (χ0) is 24.3. The van der Waals surface area contributed by atoms with Crippen LogP contribution in [0.15, 0.2) is 48.1 Å². The van der Waals surface area contributed by atoms with Gasteiger partial charge in [-0.1, -0.05) is 68.9 Å². The predicted molar refractivity (Wildman–Crippen MR) is 139 cm³/mol. The third-order valence-corrected chi connectivity index (χ3v) is 8.38. The van der Waals surface area contributed by atoms with Crippen LogP contribution in [0.5, 0.6) is 0 Å². The number of carbonyl (C=O) groups is 1. The highest BCUT2D eigenvalue weighted by molar-refractivity contribution is 7.99. The van der Waals surface area contributed by atoms with E-state index < -0.39 is 0 Å². The Morgan fingerprint density at radius 2 is 2.12 bits per heavy atom. The summed E-state index contributed by atoms with van der Waals surface area (Å²) in [7, 11) is 0. The number of aromatic nitrogens is 3. The van der Waals surface area contributed by atoms with Crippen molar-refractivity contribution in [3.63, 3.8) is 0 Å². The summed E-state index contributed by atoms with van der Waals surface area (Å²) in [5, 5.41) is 22.8. The zero-order valence-electron chi connectivity index (χ0n) is 19.8. The Bertz CT molecular complexity index is 1230. The smallest absolute Gasteiger partial charge is 0.235 e. The van der Waals surface area contributed by atoms with Gasteiger partial charge in [0.2, 0.25) is 5.91 Å². The van der Waals surface area contributed by atoms with Crippen LogP contribution in [0.4, 0.5) is 5.00 Å². The molecule has 1 amide bonds. The number of fused-ring (bicyclic) bond motifs is 1. The van der Waals surface area contributed by atoms with Gasteiger partial charge in [0.05, 0.1) is 11.3 Å². The van der Waals surface area contributed by atoms with Gasteiger partial charge in [-0.3, -0.25) is 9.36 Å². The Labute approximate surface area is 209 Å². The van der Waals surface area contributed by atoms with Crippen molar-refractivity contribution in [3.05, 3.63) is 59.0 Å². The number of hydrogen-bond donors (Lipinski definition) is 1. The van der Waals surface area contributed by atoms with E-state index in [0.29, 0.717) is 28.2 Å². The highest BCUT2D eigenvalue weighted by Crippen LogP contribution is 2.44. The van der Waals surface area contributed by atoms with Crippen LogP contribution in [0, 0.1) is 22.7 Å². The van der Waals surface area contributed by atoms with Gasteiger partial charge in [-0.15, -0.1) is 28.1 Å². The molecule has 0 aliphatic heterocycles. The minimum atomic E-state index is -0.151. The molecule has 0 bridgehead atoms. The van der Waals surface area contributed by atoms with Gasteiger partial charge >= 0.3 is 0 Å². The monoisotopic (exact) mass is 491 g/mol. The van der Waals surface area contributed by atoms with E-state index in [9.17, 15) is 10.1 Å². The third-order valence-electron chi connectivity index (χ3n) is 6.25. The highest BCUT2D eigenvalue weighted by atomic mass is 32.2. The van der Waals surface area contributed by atoms with E-state index >= 15 is 0 Å². The van der Waals surface area contributed by atoms with E-state index in [1.165, 1.54) is 16.6 Å². The molecule has 3 aromatic rings. The number of rotatable bonds is 7. The molecule has 0 saturated heterocycles. The number of thioether (sulfide) groups is 1. The van der Waals surface area contributed by atoms with Crippen molar-refractivity contribution in [2.24, 2.45) is 11.3 Å². The molecule has 1 aliphatic rings. The lowest BCUT2D eigenvalue weighted by molar-refractivity contribution is -0.113. The molecule has 1 unspecified atom stereocenters. The number of thiophene rings is 1. The third kappa shape index (κ3) is 5.11. The molecule has 6 nitrogen and oxygen atoms in total. The van der Waals surface area contributed by atoms with Crippen molar-refractivity contribution in [2.45, 2.75) is 51.7 Å². The maximum Gasteiger partial charge on any atom is 0.235 e. The summed E-state index contributed by atoms with van der Waals surface area (Å²) in [6, 6.07) is 12.2. The molecule has 34 heavy (non-hydrogen) atoms. The number of nitriles is 1.